The topological polar surface area (TPSA) is 113 Å². The first-order chi connectivity index (χ1) is 21.0. The van der Waals surface area contributed by atoms with Crippen LogP contribution in [-0.2, 0) is 11.3 Å². The van der Waals surface area contributed by atoms with Crippen LogP contribution < -0.4 is 20.1 Å². The van der Waals surface area contributed by atoms with E-state index in [1.165, 1.54) is 5.56 Å². The predicted octanol–water partition coefficient (Wildman–Crippen LogP) is 5.15. The minimum absolute atomic E-state index is 0.0318. The van der Waals surface area contributed by atoms with E-state index in [0.717, 1.165) is 31.6 Å². The van der Waals surface area contributed by atoms with Gasteiger partial charge in [-0.3, -0.25) is 9.69 Å². The monoisotopic (exact) mass is 612 g/mol. The molecule has 2 aromatic rings. The number of urea groups is 1. The number of nitrogens with zero attached hydrogens (tertiary/aromatic N) is 2. The lowest BCUT2D eigenvalue weighted by molar-refractivity contribution is -0.0177. The molecular formula is C34H52N4O6. The molecule has 1 aliphatic heterocycles. The van der Waals surface area contributed by atoms with Crippen LogP contribution in [0.2, 0.25) is 0 Å². The van der Waals surface area contributed by atoms with Crippen molar-refractivity contribution in [2.24, 2.45) is 5.92 Å². The summed E-state index contributed by atoms with van der Waals surface area (Å²) in [6, 6.07) is 12.4. The third-order valence-corrected chi connectivity index (χ3v) is 7.83. The number of likely N-dealkylation sites (N-methyl/N-ethyl adjacent to an activating group) is 1. The van der Waals surface area contributed by atoms with Crippen molar-refractivity contribution in [2.75, 3.05) is 45.8 Å². The van der Waals surface area contributed by atoms with E-state index < -0.39 is 6.04 Å². The van der Waals surface area contributed by atoms with Gasteiger partial charge >= 0.3 is 6.03 Å². The number of hydrogen-bond donors (Lipinski definition) is 3. The summed E-state index contributed by atoms with van der Waals surface area (Å²) < 4.78 is 18.1. The number of amides is 3. The maximum Gasteiger partial charge on any atom is 0.319 e. The molecule has 2 aromatic carbocycles. The van der Waals surface area contributed by atoms with Gasteiger partial charge in [0.1, 0.15) is 11.5 Å². The quantitative estimate of drug-likeness (QED) is 0.359. The molecule has 1 aliphatic rings. The molecule has 10 heteroatoms. The molecule has 3 amide bonds. The fraction of sp³-hybridized carbons (Fsp3) is 0.588. The molecule has 0 aliphatic carbocycles. The summed E-state index contributed by atoms with van der Waals surface area (Å²) >= 11 is 0. The molecule has 0 radical (unpaired) electrons. The van der Waals surface area contributed by atoms with Gasteiger partial charge in [-0.25, -0.2) is 4.79 Å². The molecule has 244 valence electrons. The summed E-state index contributed by atoms with van der Waals surface area (Å²) in [7, 11) is 3.73. The van der Waals surface area contributed by atoms with Gasteiger partial charge in [0.05, 0.1) is 37.5 Å². The Kier molecular flexibility index (Phi) is 13.8. The number of anilines is 1. The first-order valence-corrected chi connectivity index (χ1v) is 15.7. The van der Waals surface area contributed by atoms with E-state index in [2.05, 4.69) is 41.6 Å². The number of fused-ring (bicyclic) bond motifs is 1. The first-order valence-electron chi connectivity index (χ1n) is 15.7. The highest BCUT2D eigenvalue weighted by Crippen LogP contribution is 2.28. The van der Waals surface area contributed by atoms with Gasteiger partial charge < -0.3 is 34.9 Å². The van der Waals surface area contributed by atoms with E-state index in [4.69, 9.17) is 14.2 Å². The zero-order valence-corrected chi connectivity index (χ0v) is 27.5. The van der Waals surface area contributed by atoms with Crippen LogP contribution in [0.1, 0.15) is 69.8 Å². The minimum Gasteiger partial charge on any atom is -0.497 e. The third kappa shape index (κ3) is 10.7. The molecule has 10 nitrogen and oxygen atoms in total. The van der Waals surface area contributed by atoms with Crippen LogP contribution in [0.15, 0.2) is 42.5 Å². The van der Waals surface area contributed by atoms with E-state index in [0.29, 0.717) is 36.7 Å². The number of hydrogen-bond acceptors (Lipinski definition) is 7. The predicted molar refractivity (Wildman–Crippen MR) is 173 cm³/mol. The second kappa shape index (κ2) is 17.2. The number of benzene rings is 2. The SMILES string of the molecule is COc1ccc(CN(C)C[C@H]2OCCCC[C@@H](C)Oc3ccc(NC(=O)NC(C)C)cc3C(=O)N([C@@H](C)CO)C[C@H]2C)cc1. The van der Waals surface area contributed by atoms with E-state index in [1.54, 1.807) is 30.2 Å². The maximum atomic E-state index is 14.2. The van der Waals surface area contributed by atoms with Crippen molar-refractivity contribution in [1.29, 1.82) is 0 Å². The highest BCUT2D eigenvalue weighted by Gasteiger charge is 2.30. The van der Waals surface area contributed by atoms with Crippen molar-refractivity contribution < 1.29 is 28.9 Å². The molecule has 0 spiro atoms. The number of ether oxygens (including phenoxy) is 3. The van der Waals surface area contributed by atoms with Crippen LogP contribution in [-0.4, -0.2) is 91.6 Å². The molecule has 0 fully saturated rings. The molecule has 3 rings (SSSR count). The van der Waals surface area contributed by atoms with Crippen LogP contribution in [0.5, 0.6) is 11.5 Å². The van der Waals surface area contributed by atoms with Gasteiger partial charge in [0.25, 0.3) is 5.91 Å². The van der Waals surface area contributed by atoms with E-state index in [-0.39, 0.29) is 42.7 Å². The van der Waals surface area contributed by atoms with Crippen molar-refractivity contribution in [3.8, 4) is 11.5 Å². The maximum absolute atomic E-state index is 14.2. The van der Waals surface area contributed by atoms with Crippen molar-refractivity contribution in [3.63, 3.8) is 0 Å². The van der Waals surface area contributed by atoms with E-state index in [1.807, 2.05) is 39.8 Å². The number of nitrogens with one attached hydrogen (secondary N) is 2. The number of aliphatic hydroxyl groups excluding tert-OH is 1. The van der Waals surface area contributed by atoms with Crippen LogP contribution in [0, 0.1) is 5.92 Å². The number of methoxy groups -OCH3 is 1. The molecule has 0 bridgehead atoms. The first kappa shape index (κ1) is 35.1. The zero-order chi connectivity index (χ0) is 32.2. The Bertz CT molecular complexity index is 1190. The third-order valence-electron chi connectivity index (χ3n) is 7.83. The average Bonchev–Trinajstić information content (AvgIpc) is 2.98. The van der Waals surface area contributed by atoms with Crippen molar-refractivity contribution in [3.05, 3.63) is 53.6 Å². The highest BCUT2D eigenvalue weighted by molar-refractivity contribution is 5.99. The molecular weight excluding hydrogens is 560 g/mol. The molecule has 44 heavy (non-hydrogen) atoms. The lowest BCUT2D eigenvalue weighted by Crippen LogP contribution is -2.47. The minimum atomic E-state index is -0.443. The Balaban J connectivity index is 1.88. The molecule has 3 N–H and O–H groups in total. The Labute approximate surface area is 263 Å². The molecule has 4 atom stereocenters. The van der Waals surface area contributed by atoms with Gasteiger partial charge in [0.15, 0.2) is 0 Å². The molecule has 0 saturated heterocycles. The smallest absolute Gasteiger partial charge is 0.319 e. The van der Waals surface area contributed by atoms with E-state index in [9.17, 15) is 14.7 Å². The summed E-state index contributed by atoms with van der Waals surface area (Å²) in [5.74, 6) is 0.987. The Morgan fingerprint density at radius 1 is 1.14 bits per heavy atom. The lowest BCUT2D eigenvalue weighted by atomic mass is 10.0. The van der Waals surface area contributed by atoms with Gasteiger partial charge in [-0.2, -0.15) is 0 Å². The normalized spacial score (nSPS) is 20.8. The van der Waals surface area contributed by atoms with Crippen LogP contribution in [0.4, 0.5) is 10.5 Å². The summed E-state index contributed by atoms with van der Waals surface area (Å²) in [4.78, 5) is 30.6. The molecule has 0 unspecified atom stereocenters. The number of aliphatic hydroxyl groups is 1. The van der Waals surface area contributed by atoms with E-state index >= 15 is 0 Å². The van der Waals surface area contributed by atoms with Crippen molar-refractivity contribution in [1.82, 2.24) is 15.1 Å². The van der Waals surface area contributed by atoms with Crippen molar-refractivity contribution in [2.45, 2.75) is 84.7 Å². The van der Waals surface area contributed by atoms with Gasteiger partial charge in [0.2, 0.25) is 0 Å². The summed E-state index contributed by atoms with van der Waals surface area (Å²) in [6.45, 7) is 11.9. The fourth-order valence-corrected chi connectivity index (χ4v) is 5.31. The van der Waals surface area contributed by atoms with Gasteiger partial charge in [-0.1, -0.05) is 19.1 Å². The van der Waals surface area contributed by atoms with Gasteiger partial charge in [0, 0.05) is 43.9 Å². The Morgan fingerprint density at radius 3 is 2.52 bits per heavy atom. The Morgan fingerprint density at radius 2 is 1.86 bits per heavy atom. The average molecular weight is 613 g/mol. The van der Waals surface area contributed by atoms with Gasteiger partial charge in [-0.15, -0.1) is 0 Å². The second-order valence-corrected chi connectivity index (χ2v) is 12.3. The zero-order valence-electron chi connectivity index (χ0n) is 27.5. The fourth-order valence-electron chi connectivity index (χ4n) is 5.31. The summed E-state index contributed by atoms with van der Waals surface area (Å²) in [5.41, 5.74) is 2.00. The second-order valence-electron chi connectivity index (χ2n) is 12.3. The number of carbonyl (C=O) groups is 2. The lowest BCUT2D eigenvalue weighted by Gasteiger charge is -2.36. The summed E-state index contributed by atoms with van der Waals surface area (Å²) in [6.07, 6.45) is 2.37. The highest BCUT2D eigenvalue weighted by atomic mass is 16.5. The largest absolute Gasteiger partial charge is 0.497 e. The number of carbonyl (C=O) groups excluding carboxylic acids is 2. The molecule has 0 aromatic heterocycles. The molecule has 0 saturated carbocycles. The van der Waals surface area contributed by atoms with Crippen LogP contribution >= 0.6 is 0 Å². The van der Waals surface area contributed by atoms with Gasteiger partial charge in [-0.05, 0) is 89.9 Å². The standard InChI is InChI=1S/C34H52N4O6/c1-23(2)35-34(41)36-28-13-16-31-30(18-28)33(40)38(25(4)22-39)19-24(3)32(43-17-9-8-10-26(5)44-31)21-37(6)20-27-11-14-29(42-7)15-12-27/h11-16,18,23-26,32,39H,8-10,17,19-22H2,1-7H3,(H2,35,36,41)/t24-,25+,26-,32-/m1/s1. The number of rotatable bonds is 9. The molecule has 1 heterocycles. The van der Waals surface area contributed by atoms with Crippen molar-refractivity contribution >= 4 is 17.6 Å². The summed E-state index contributed by atoms with van der Waals surface area (Å²) in [5, 5.41) is 15.8. The Hall–Kier alpha value is -3.34. The van der Waals surface area contributed by atoms with Crippen LogP contribution in [0.3, 0.4) is 0 Å². The van der Waals surface area contributed by atoms with Crippen LogP contribution in [0.25, 0.3) is 0 Å².